The second-order valence-corrected chi connectivity index (χ2v) is 6.26. The Labute approximate surface area is 147 Å². The molecule has 0 aliphatic carbocycles. The van der Waals surface area contributed by atoms with Gasteiger partial charge in [0.15, 0.2) is 6.10 Å². The van der Waals surface area contributed by atoms with Crippen molar-refractivity contribution in [3.8, 4) is 5.75 Å². The second-order valence-electron chi connectivity index (χ2n) is 5.82. The molecule has 0 aromatic heterocycles. The van der Waals surface area contributed by atoms with Crippen LogP contribution in [-0.4, -0.2) is 42.6 Å². The fourth-order valence-electron chi connectivity index (χ4n) is 2.81. The lowest BCUT2D eigenvalue weighted by atomic mass is 9.96. The third kappa shape index (κ3) is 4.87. The van der Waals surface area contributed by atoms with Gasteiger partial charge in [0.1, 0.15) is 5.75 Å². The molecule has 2 rings (SSSR count). The highest BCUT2D eigenvalue weighted by Gasteiger charge is 2.31. The average molecular weight is 354 g/mol. The highest BCUT2D eigenvalue weighted by atomic mass is 35.5. The number of hydrogen-bond acceptors (Lipinski definition) is 4. The highest BCUT2D eigenvalue weighted by Crippen LogP contribution is 2.23. The molecular formula is C18H24ClNO4. The maximum absolute atomic E-state index is 12.7. The minimum atomic E-state index is -0.539. The van der Waals surface area contributed by atoms with Gasteiger partial charge < -0.3 is 14.4 Å². The lowest BCUT2D eigenvalue weighted by molar-refractivity contribution is -0.152. The van der Waals surface area contributed by atoms with Crippen molar-refractivity contribution >= 4 is 23.5 Å². The van der Waals surface area contributed by atoms with E-state index < -0.39 is 6.10 Å². The van der Waals surface area contributed by atoms with Gasteiger partial charge in [0.2, 0.25) is 0 Å². The summed E-state index contributed by atoms with van der Waals surface area (Å²) in [6.45, 7) is 5.22. The molecule has 1 aliphatic heterocycles. The molecule has 1 atom stereocenters. The minimum absolute atomic E-state index is 0.0419. The zero-order valence-electron chi connectivity index (χ0n) is 14.2. The van der Waals surface area contributed by atoms with Gasteiger partial charge in [-0.1, -0.05) is 24.6 Å². The standard InChI is InChI=1S/C18H24ClNO4/c1-3-16(24-15-7-5-6-14(19)12-15)17(21)20-10-8-13(9-11-20)18(22)23-4-2/h5-7,12-13,16H,3-4,8-11H2,1-2H3/t16-/m1/s1. The zero-order valence-corrected chi connectivity index (χ0v) is 14.9. The largest absolute Gasteiger partial charge is 0.481 e. The van der Waals surface area contributed by atoms with E-state index in [9.17, 15) is 9.59 Å². The molecule has 0 spiro atoms. The fourth-order valence-corrected chi connectivity index (χ4v) is 2.99. The molecule has 0 N–H and O–H groups in total. The highest BCUT2D eigenvalue weighted by molar-refractivity contribution is 6.30. The molecule has 1 fully saturated rings. The number of ether oxygens (including phenoxy) is 2. The van der Waals surface area contributed by atoms with Crippen molar-refractivity contribution in [2.75, 3.05) is 19.7 Å². The Morgan fingerprint density at radius 1 is 1.29 bits per heavy atom. The van der Waals surface area contributed by atoms with Gasteiger partial charge in [-0.05, 0) is 44.4 Å². The van der Waals surface area contributed by atoms with Crippen LogP contribution in [-0.2, 0) is 14.3 Å². The molecule has 132 valence electrons. The SMILES string of the molecule is CCOC(=O)C1CCN(C(=O)[C@@H](CC)Oc2cccc(Cl)c2)CC1. The van der Waals surface area contributed by atoms with Crippen LogP contribution in [0.4, 0.5) is 0 Å². The first-order valence-corrected chi connectivity index (χ1v) is 8.80. The first kappa shape index (κ1) is 18.6. The van der Waals surface area contributed by atoms with Crippen molar-refractivity contribution in [2.45, 2.75) is 39.2 Å². The van der Waals surface area contributed by atoms with Crippen molar-refractivity contribution < 1.29 is 19.1 Å². The van der Waals surface area contributed by atoms with E-state index in [1.807, 2.05) is 6.92 Å². The van der Waals surface area contributed by atoms with Crippen molar-refractivity contribution in [3.05, 3.63) is 29.3 Å². The smallest absolute Gasteiger partial charge is 0.309 e. The Hall–Kier alpha value is -1.75. The van der Waals surface area contributed by atoms with E-state index in [1.54, 1.807) is 36.1 Å². The van der Waals surface area contributed by atoms with Crippen LogP contribution in [0.1, 0.15) is 33.1 Å². The van der Waals surface area contributed by atoms with Gasteiger partial charge in [0.25, 0.3) is 5.91 Å². The van der Waals surface area contributed by atoms with Gasteiger partial charge in [-0.25, -0.2) is 0 Å². The molecule has 0 unspecified atom stereocenters. The van der Waals surface area contributed by atoms with E-state index in [4.69, 9.17) is 21.1 Å². The third-order valence-corrected chi connectivity index (χ3v) is 4.38. The molecule has 1 aromatic rings. The number of likely N-dealkylation sites (tertiary alicyclic amines) is 1. The summed E-state index contributed by atoms with van der Waals surface area (Å²) >= 11 is 5.95. The molecule has 1 saturated heterocycles. The van der Waals surface area contributed by atoms with Crippen LogP contribution in [0.3, 0.4) is 0 Å². The maximum Gasteiger partial charge on any atom is 0.309 e. The van der Waals surface area contributed by atoms with Gasteiger partial charge in [-0.15, -0.1) is 0 Å². The average Bonchev–Trinajstić information content (AvgIpc) is 2.59. The van der Waals surface area contributed by atoms with Gasteiger partial charge in [-0.3, -0.25) is 9.59 Å². The predicted molar refractivity (Wildman–Crippen MR) is 92.1 cm³/mol. The topological polar surface area (TPSA) is 55.8 Å². The summed E-state index contributed by atoms with van der Waals surface area (Å²) in [5.74, 6) is 0.277. The number of halogens is 1. The summed E-state index contributed by atoms with van der Waals surface area (Å²) in [6.07, 6.45) is 1.31. The third-order valence-electron chi connectivity index (χ3n) is 4.15. The first-order valence-electron chi connectivity index (χ1n) is 8.42. The van der Waals surface area contributed by atoms with Crippen molar-refractivity contribution in [1.29, 1.82) is 0 Å². The molecule has 1 heterocycles. The molecule has 0 radical (unpaired) electrons. The van der Waals surface area contributed by atoms with Gasteiger partial charge in [0, 0.05) is 18.1 Å². The van der Waals surface area contributed by atoms with Crippen molar-refractivity contribution in [2.24, 2.45) is 5.92 Å². The first-order chi connectivity index (χ1) is 11.5. The predicted octanol–water partition coefficient (Wildman–Crippen LogP) is 3.30. The normalized spacial score (nSPS) is 16.5. The van der Waals surface area contributed by atoms with Crippen LogP contribution < -0.4 is 4.74 Å². The summed E-state index contributed by atoms with van der Waals surface area (Å²) < 4.78 is 10.9. The van der Waals surface area contributed by atoms with Gasteiger partial charge in [-0.2, -0.15) is 0 Å². The molecule has 1 amide bonds. The molecule has 6 heteroatoms. The number of esters is 1. The Bertz CT molecular complexity index is 570. The Morgan fingerprint density at radius 2 is 2.00 bits per heavy atom. The van der Waals surface area contributed by atoms with Crippen LogP contribution in [0.5, 0.6) is 5.75 Å². The Kier molecular flexibility index (Phi) is 6.91. The lowest BCUT2D eigenvalue weighted by Gasteiger charge is -2.33. The molecule has 0 bridgehead atoms. The number of rotatable bonds is 6. The molecule has 24 heavy (non-hydrogen) atoms. The second kappa shape index (κ2) is 8.92. The summed E-state index contributed by atoms with van der Waals surface area (Å²) in [7, 11) is 0. The number of benzene rings is 1. The quantitative estimate of drug-likeness (QED) is 0.736. The van der Waals surface area contributed by atoms with E-state index in [1.165, 1.54) is 0 Å². The van der Waals surface area contributed by atoms with Crippen LogP contribution in [0.2, 0.25) is 5.02 Å². The van der Waals surface area contributed by atoms with E-state index >= 15 is 0 Å². The number of carbonyl (C=O) groups excluding carboxylic acids is 2. The molecular weight excluding hydrogens is 330 g/mol. The van der Waals surface area contributed by atoms with E-state index in [2.05, 4.69) is 0 Å². The van der Waals surface area contributed by atoms with Crippen molar-refractivity contribution in [3.63, 3.8) is 0 Å². The molecule has 1 aromatic carbocycles. The van der Waals surface area contributed by atoms with E-state index in [0.29, 0.717) is 49.7 Å². The van der Waals surface area contributed by atoms with Crippen LogP contribution in [0, 0.1) is 5.92 Å². The summed E-state index contributed by atoms with van der Waals surface area (Å²) in [5.41, 5.74) is 0. The maximum atomic E-state index is 12.7. The molecule has 1 aliphatic rings. The number of nitrogens with zero attached hydrogens (tertiary/aromatic N) is 1. The molecule has 5 nitrogen and oxygen atoms in total. The zero-order chi connectivity index (χ0) is 17.5. The number of piperidine rings is 1. The monoisotopic (exact) mass is 353 g/mol. The molecule has 0 saturated carbocycles. The van der Waals surface area contributed by atoms with Crippen LogP contribution in [0.15, 0.2) is 24.3 Å². The van der Waals surface area contributed by atoms with E-state index in [-0.39, 0.29) is 17.8 Å². The summed E-state index contributed by atoms with van der Waals surface area (Å²) in [5, 5.41) is 0.574. The number of hydrogen-bond donors (Lipinski definition) is 0. The Morgan fingerprint density at radius 3 is 2.58 bits per heavy atom. The van der Waals surface area contributed by atoms with Gasteiger partial charge in [0.05, 0.1) is 12.5 Å². The fraction of sp³-hybridized carbons (Fsp3) is 0.556. The Balaban J connectivity index is 1.91. The van der Waals surface area contributed by atoms with Crippen LogP contribution >= 0.6 is 11.6 Å². The minimum Gasteiger partial charge on any atom is -0.481 e. The van der Waals surface area contributed by atoms with Gasteiger partial charge >= 0.3 is 5.97 Å². The summed E-state index contributed by atoms with van der Waals surface area (Å²) in [4.78, 5) is 26.2. The van der Waals surface area contributed by atoms with E-state index in [0.717, 1.165) is 0 Å². The number of amides is 1. The lowest BCUT2D eigenvalue weighted by Crippen LogP contribution is -2.46. The van der Waals surface area contributed by atoms with Crippen LogP contribution in [0.25, 0.3) is 0 Å². The summed E-state index contributed by atoms with van der Waals surface area (Å²) in [6, 6.07) is 7.04. The number of carbonyl (C=O) groups is 2. The van der Waals surface area contributed by atoms with Crippen molar-refractivity contribution in [1.82, 2.24) is 4.90 Å².